The summed E-state index contributed by atoms with van der Waals surface area (Å²) < 4.78 is 0. The molecule has 0 radical (unpaired) electrons. The van der Waals surface area contributed by atoms with Crippen LogP contribution >= 0.6 is 0 Å². The first-order valence-electron chi connectivity index (χ1n) is 8.86. The number of hydrogen-bond donors (Lipinski definition) is 2. The summed E-state index contributed by atoms with van der Waals surface area (Å²) >= 11 is 0. The summed E-state index contributed by atoms with van der Waals surface area (Å²) in [5, 5.41) is 15.5. The van der Waals surface area contributed by atoms with Crippen molar-refractivity contribution in [2.45, 2.75) is 25.0 Å². The van der Waals surface area contributed by atoms with E-state index in [4.69, 9.17) is 0 Å². The number of nitrogens with one attached hydrogen (secondary N) is 1. The number of amides is 2. The molecule has 0 bridgehead atoms. The highest BCUT2D eigenvalue weighted by molar-refractivity contribution is 6.01. The van der Waals surface area contributed by atoms with E-state index in [-0.39, 0.29) is 18.6 Å². The lowest BCUT2D eigenvalue weighted by atomic mass is 10.1. The zero-order valence-electron chi connectivity index (χ0n) is 14.4. The summed E-state index contributed by atoms with van der Waals surface area (Å²) in [5.41, 5.74) is 1.58. The lowest BCUT2D eigenvalue weighted by Crippen LogP contribution is -2.39. The van der Waals surface area contributed by atoms with Crippen molar-refractivity contribution >= 4 is 22.5 Å². The third-order valence-electron chi connectivity index (χ3n) is 4.72. The molecule has 1 aliphatic rings. The molecule has 2 N–H and O–H groups in total. The number of carbonyl (C=O) groups is 1. The standard InChI is InChI=1S/C21H21N3O2/c25-20(15-5-2-1-3-6-15)14-24(17-9-10-17)21(26)23-19-8-4-7-16-13-22-12-11-18(16)19/h1-8,11-13,17,20,25H,9-10,14H2,(H,23,26). The van der Waals surface area contributed by atoms with Gasteiger partial charge in [-0.2, -0.15) is 0 Å². The highest BCUT2D eigenvalue weighted by Gasteiger charge is 2.34. The normalized spacial score (nSPS) is 14.8. The fourth-order valence-electron chi connectivity index (χ4n) is 3.17. The molecule has 0 spiro atoms. The molecule has 1 aliphatic carbocycles. The van der Waals surface area contributed by atoms with E-state index < -0.39 is 6.10 Å². The number of rotatable bonds is 5. The van der Waals surface area contributed by atoms with Crippen LogP contribution in [0.25, 0.3) is 10.8 Å². The number of anilines is 1. The highest BCUT2D eigenvalue weighted by Crippen LogP contribution is 2.30. The van der Waals surface area contributed by atoms with Crippen molar-refractivity contribution in [2.75, 3.05) is 11.9 Å². The summed E-state index contributed by atoms with van der Waals surface area (Å²) in [5.74, 6) is 0. The highest BCUT2D eigenvalue weighted by atomic mass is 16.3. The van der Waals surface area contributed by atoms with Crippen LogP contribution in [-0.4, -0.2) is 33.6 Å². The second kappa shape index (κ2) is 7.14. The molecule has 1 atom stereocenters. The molecule has 1 saturated carbocycles. The van der Waals surface area contributed by atoms with E-state index in [1.54, 1.807) is 17.3 Å². The Morgan fingerprint density at radius 3 is 2.73 bits per heavy atom. The maximum absolute atomic E-state index is 12.9. The van der Waals surface area contributed by atoms with Crippen LogP contribution in [0.4, 0.5) is 10.5 Å². The topological polar surface area (TPSA) is 65.5 Å². The predicted molar refractivity (Wildman–Crippen MR) is 102 cm³/mol. The molecule has 5 heteroatoms. The fraction of sp³-hybridized carbons (Fsp3) is 0.238. The van der Waals surface area contributed by atoms with Crippen LogP contribution in [0.15, 0.2) is 67.0 Å². The Balaban J connectivity index is 1.52. The van der Waals surface area contributed by atoms with E-state index in [1.807, 2.05) is 54.6 Å². The number of urea groups is 1. The van der Waals surface area contributed by atoms with Gasteiger partial charge in [0.05, 0.1) is 18.3 Å². The molecule has 1 fully saturated rings. The smallest absolute Gasteiger partial charge is 0.322 e. The first-order valence-corrected chi connectivity index (χ1v) is 8.86. The van der Waals surface area contributed by atoms with Crippen molar-refractivity contribution in [3.63, 3.8) is 0 Å². The van der Waals surface area contributed by atoms with Gasteiger partial charge in [-0.15, -0.1) is 0 Å². The molecule has 3 aromatic rings. The minimum atomic E-state index is -0.695. The number of aromatic nitrogens is 1. The maximum atomic E-state index is 12.9. The molecule has 1 unspecified atom stereocenters. The van der Waals surface area contributed by atoms with Crippen LogP contribution in [0, 0.1) is 0 Å². The number of hydrogen-bond acceptors (Lipinski definition) is 3. The van der Waals surface area contributed by atoms with Gasteiger partial charge in [-0.05, 0) is 30.5 Å². The summed E-state index contributed by atoms with van der Waals surface area (Å²) in [6.07, 6.45) is 4.76. The quantitative estimate of drug-likeness (QED) is 0.734. The van der Waals surface area contributed by atoms with Crippen molar-refractivity contribution in [2.24, 2.45) is 0 Å². The number of aliphatic hydroxyl groups is 1. The Morgan fingerprint density at radius 1 is 1.15 bits per heavy atom. The Kier molecular flexibility index (Phi) is 4.54. The van der Waals surface area contributed by atoms with E-state index >= 15 is 0 Å². The number of aliphatic hydroxyl groups excluding tert-OH is 1. The predicted octanol–water partition coefficient (Wildman–Crippen LogP) is 3.96. The van der Waals surface area contributed by atoms with E-state index in [1.165, 1.54) is 0 Å². The summed E-state index contributed by atoms with van der Waals surface area (Å²) in [6, 6.07) is 17.1. The zero-order chi connectivity index (χ0) is 17.9. The molecule has 5 nitrogen and oxygen atoms in total. The number of carbonyl (C=O) groups excluding carboxylic acids is 1. The van der Waals surface area contributed by atoms with Gasteiger partial charge in [0.2, 0.25) is 0 Å². The SMILES string of the molecule is O=C(Nc1cccc2cnccc12)N(CC(O)c1ccccc1)C1CC1. The van der Waals surface area contributed by atoms with Gasteiger partial charge >= 0.3 is 6.03 Å². The van der Waals surface area contributed by atoms with Crippen LogP contribution in [0.3, 0.4) is 0 Å². The number of benzene rings is 2. The first-order chi connectivity index (χ1) is 12.7. The van der Waals surface area contributed by atoms with Crippen molar-refractivity contribution in [1.29, 1.82) is 0 Å². The van der Waals surface area contributed by atoms with Crippen molar-refractivity contribution in [1.82, 2.24) is 9.88 Å². The summed E-state index contributed by atoms with van der Waals surface area (Å²) in [4.78, 5) is 18.8. The molecule has 2 aromatic carbocycles. The van der Waals surface area contributed by atoms with E-state index in [9.17, 15) is 9.90 Å². The van der Waals surface area contributed by atoms with E-state index in [0.29, 0.717) is 0 Å². The first kappa shape index (κ1) is 16.5. The van der Waals surface area contributed by atoms with E-state index in [2.05, 4.69) is 10.3 Å². The Labute approximate surface area is 152 Å². The van der Waals surface area contributed by atoms with Crippen molar-refractivity contribution in [3.8, 4) is 0 Å². The maximum Gasteiger partial charge on any atom is 0.322 e. The molecule has 0 aliphatic heterocycles. The largest absolute Gasteiger partial charge is 0.387 e. The van der Waals surface area contributed by atoms with Crippen molar-refractivity contribution < 1.29 is 9.90 Å². The average Bonchev–Trinajstić information content (AvgIpc) is 3.52. The molecule has 1 heterocycles. The van der Waals surface area contributed by atoms with Crippen LogP contribution in [0.1, 0.15) is 24.5 Å². The van der Waals surface area contributed by atoms with Crippen LogP contribution < -0.4 is 5.32 Å². The average molecular weight is 347 g/mol. The van der Waals surface area contributed by atoms with Gasteiger partial charge in [0.1, 0.15) is 0 Å². The molecule has 2 amide bonds. The fourth-order valence-corrected chi connectivity index (χ4v) is 3.17. The Bertz CT molecular complexity index is 904. The lowest BCUT2D eigenvalue weighted by Gasteiger charge is -2.26. The molecule has 1 aromatic heterocycles. The van der Waals surface area contributed by atoms with Crippen molar-refractivity contribution in [3.05, 3.63) is 72.6 Å². The van der Waals surface area contributed by atoms with Crippen LogP contribution in [-0.2, 0) is 0 Å². The second-order valence-electron chi connectivity index (χ2n) is 6.64. The van der Waals surface area contributed by atoms with E-state index in [0.717, 1.165) is 34.9 Å². The Hall–Kier alpha value is -2.92. The molecule has 4 rings (SSSR count). The zero-order valence-corrected chi connectivity index (χ0v) is 14.4. The third-order valence-corrected chi connectivity index (χ3v) is 4.72. The minimum absolute atomic E-state index is 0.174. The Morgan fingerprint density at radius 2 is 1.96 bits per heavy atom. The summed E-state index contributed by atoms with van der Waals surface area (Å²) in [7, 11) is 0. The van der Waals surface area contributed by atoms with Gasteiger partial charge < -0.3 is 15.3 Å². The summed E-state index contributed by atoms with van der Waals surface area (Å²) in [6.45, 7) is 0.285. The number of fused-ring (bicyclic) bond motifs is 1. The molecule has 26 heavy (non-hydrogen) atoms. The number of pyridine rings is 1. The molecule has 132 valence electrons. The lowest BCUT2D eigenvalue weighted by molar-refractivity contribution is 0.123. The molecular formula is C21H21N3O2. The molecule has 0 saturated heterocycles. The van der Waals surface area contributed by atoms with Gasteiger partial charge in [-0.25, -0.2) is 4.79 Å². The molecular weight excluding hydrogens is 326 g/mol. The van der Waals surface area contributed by atoms with Crippen LogP contribution in [0.2, 0.25) is 0 Å². The number of nitrogens with zero attached hydrogens (tertiary/aromatic N) is 2. The van der Waals surface area contributed by atoms with Gasteiger partial charge in [-0.1, -0.05) is 42.5 Å². The second-order valence-corrected chi connectivity index (χ2v) is 6.64. The third kappa shape index (κ3) is 3.53. The minimum Gasteiger partial charge on any atom is -0.387 e. The van der Waals surface area contributed by atoms with Crippen LogP contribution in [0.5, 0.6) is 0 Å². The van der Waals surface area contributed by atoms with Gasteiger partial charge in [0.25, 0.3) is 0 Å². The van der Waals surface area contributed by atoms with Gasteiger partial charge in [-0.3, -0.25) is 4.98 Å². The monoisotopic (exact) mass is 347 g/mol. The van der Waals surface area contributed by atoms with Gasteiger partial charge in [0, 0.05) is 29.2 Å². The van der Waals surface area contributed by atoms with Gasteiger partial charge in [0.15, 0.2) is 0 Å².